The quantitative estimate of drug-likeness (QED) is 0.886. The molecule has 2 aromatic carbocycles. The lowest BCUT2D eigenvalue weighted by molar-refractivity contribution is 0.173. The summed E-state index contributed by atoms with van der Waals surface area (Å²) in [7, 11) is 0. The zero-order valence-corrected chi connectivity index (χ0v) is 11.4. The molecular formula is C15H14ClF2NO. The molecule has 0 aromatic heterocycles. The highest BCUT2D eigenvalue weighted by molar-refractivity contribution is 6.31. The Morgan fingerprint density at radius 2 is 1.85 bits per heavy atom. The van der Waals surface area contributed by atoms with Crippen LogP contribution in [-0.2, 0) is 6.54 Å². The Labute approximate surface area is 121 Å². The molecule has 0 bridgehead atoms. The van der Waals surface area contributed by atoms with Gasteiger partial charge in [-0.25, -0.2) is 8.78 Å². The second kappa shape index (κ2) is 6.79. The molecule has 0 saturated carbocycles. The number of hydrogen-bond donors (Lipinski definition) is 2. The first kappa shape index (κ1) is 14.9. The average Bonchev–Trinajstić information content (AvgIpc) is 2.44. The summed E-state index contributed by atoms with van der Waals surface area (Å²) in [4.78, 5) is 0. The largest absolute Gasteiger partial charge is 0.387 e. The number of hydrogen-bond acceptors (Lipinski definition) is 2. The highest BCUT2D eigenvalue weighted by Gasteiger charge is 2.10. The van der Waals surface area contributed by atoms with Crippen molar-refractivity contribution < 1.29 is 13.9 Å². The number of aliphatic hydroxyl groups excluding tert-OH is 1. The molecule has 0 spiro atoms. The van der Waals surface area contributed by atoms with Gasteiger partial charge in [0.2, 0.25) is 0 Å². The minimum Gasteiger partial charge on any atom is -0.387 e. The van der Waals surface area contributed by atoms with Crippen LogP contribution < -0.4 is 5.32 Å². The summed E-state index contributed by atoms with van der Waals surface area (Å²) in [5.41, 5.74) is 1.24. The lowest BCUT2D eigenvalue weighted by Crippen LogP contribution is -2.21. The van der Waals surface area contributed by atoms with Crippen LogP contribution in [0.4, 0.5) is 8.78 Å². The van der Waals surface area contributed by atoms with Crippen molar-refractivity contribution in [1.29, 1.82) is 0 Å². The summed E-state index contributed by atoms with van der Waals surface area (Å²) < 4.78 is 25.8. The zero-order valence-electron chi connectivity index (χ0n) is 10.6. The molecule has 0 saturated heterocycles. The Kier molecular flexibility index (Phi) is 5.06. The van der Waals surface area contributed by atoms with Crippen LogP contribution in [0.25, 0.3) is 0 Å². The first-order chi connectivity index (χ1) is 9.58. The molecule has 0 aliphatic heterocycles. The third kappa shape index (κ3) is 3.76. The van der Waals surface area contributed by atoms with E-state index in [4.69, 9.17) is 11.6 Å². The number of rotatable bonds is 5. The van der Waals surface area contributed by atoms with Gasteiger partial charge in [-0.1, -0.05) is 35.9 Å². The van der Waals surface area contributed by atoms with Gasteiger partial charge in [-0.15, -0.1) is 0 Å². The molecule has 2 aromatic rings. The SMILES string of the molecule is OC(CNCc1ccccc1Cl)c1ccc(F)c(F)c1. The Bertz CT molecular complexity index is 592. The zero-order chi connectivity index (χ0) is 14.5. The Hall–Kier alpha value is -1.49. The van der Waals surface area contributed by atoms with E-state index in [9.17, 15) is 13.9 Å². The van der Waals surface area contributed by atoms with Crippen LogP contribution in [0.5, 0.6) is 0 Å². The van der Waals surface area contributed by atoms with E-state index in [1.165, 1.54) is 6.07 Å². The van der Waals surface area contributed by atoms with E-state index in [0.29, 0.717) is 17.1 Å². The molecule has 0 fully saturated rings. The number of halogens is 3. The maximum atomic E-state index is 13.1. The topological polar surface area (TPSA) is 32.3 Å². The van der Waals surface area contributed by atoms with Crippen LogP contribution in [-0.4, -0.2) is 11.7 Å². The smallest absolute Gasteiger partial charge is 0.159 e. The summed E-state index contributed by atoms with van der Waals surface area (Å²) in [6, 6.07) is 10.7. The van der Waals surface area contributed by atoms with Crippen molar-refractivity contribution in [1.82, 2.24) is 5.32 Å². The van der Waals surface area contributed by atoms with Crippen molar-refractivity contribution in [2.45, 2.75) is 12.6 Å². The highest BCUT2D eigenvalue weighted by Crippen LogP contribution is 2.17. The van der Waals surface area contributed by atoms with E-state index >= 15 is 0 Å². The number of aliphatic hydroxyl groups is 1. The van der Waals surface area contributed by atoms with E-state index in [1.807, 2.05) is 18.2 Å². The molecular weight excluding hydrogens is 284 g/mol. The van der Waals surface area contributed by atoms with Crippen LogP contribution in [0.2, 0.25) is 5.02 Å². The number of benzene rings is 2. The summed E-state index contributed by atoms with van der Waals surface area (Å²) in [6.45, 7) is 0.705. The highest BCUT2D eigenvalue weighted by atomic mass is 35.5. The van der Waals surface area contributed by atoms with Crippen LogP contribution in [0.1, 0.15) is 17.2 Å². The van der Waals surface area contributed by atoms with E-state index in [0.717, 1.165) is 17.7 Å². The predicted molar refractivity (Wildman–Crippen MR) is 74.5 cm³/mol. The van der Waals surface area contributed by atoms with Crippen molar-refractivity contribution in [3.8, 4) is 0 Å². The molecule has 2 rings (SSSR count). The van der Waals surface area contributed by atoms with Gasteiger partial charge in [0.25, 0.3) is 0 Å². The first-order valence-electron chi connectivity index (χ1n) is 6.15. The van der Waals surface area contributed by atoms with Crippen molar-refractivity contribution >= 4 is 11.6 Å². The molecule has 106 valence electrons. The van der Waals surface area contributed by atoms with Gasteiger partial charge in [-0.05, 0) is 29.3 Å². The third-order valence-corrected chi connectivity index (χ3v) is 3.31. The standard InChI is InChI=1S/C15H14ClF2NO/c16-12-4-2-1-3-11(12)8-19-9-15(20)10-5-6-13(17)14(18)7-10/h1-7,15,19-20H,8-9H2. The molecule has 5 heteroatoms. The van der Waals surface area contributed by atoms with E-state index in [-0.39, 0.29) is 6.54 Å². The van der Waals surface area contributed by atoms with Crippen LogP contribution >= 0.6 is 11.6 Å². The van der Waals surface area contributed by atoms with Crippen LogP contribution in [0, 0.1) is 11.6 Å². The van der Waals surface area contributed by atoms with Crippen LogP contribution in [0.15, 0.2) is 42.5 Å². The van der Waals surface area contributed by atoms with Gasteiger partial charge in [0, 0.05) is 18.1 Å². The Morgan fingerprint density at radius 1 is 1.10 bits per heavy atom. The van der Waals surface area contributed by atoms with Gasteiger partial charge in [-0.2, -0.15) is 0 Å². The van der Waals surface area contributed by atoms with E-state index < -0.39 is 17.7 Å². The predicted octanol–water partition coefficient (Wildman–Crippen LogP) is 3.44. The van der Waals surface area contributed by atoms with Gasteiger partial charge in [0.05, 0.1) is 6.10 Å². The third-order valence-electron chi connectivity index (χ3n) is 2.94. The van der Waals surface area contributed by atoms with Gasteiger partial charge in [-0.3, -0.25) is 0 Å². The molecule has 2 N–H and O–H groups in total. The summed E-state index contributed by atoms with van der Waals surface area (Å²) in [6.07, 6.45) is -0.910. The normalized spacial score (nSPS) is 12.4. The maximum absolute atomic E-state index is 13.1. The summed E-state index contributed by atoms with van der Waals surface area (Å²) in [5, 5.41) is 13.6. The van der Waals surface area contributed by atoms with E-state index in [2.05, 4.69) is 5.32 Å². The fourth-order valence-corrected chi connectivity index (χ4v) is 2.03. The second-order valence-electron chi connectivity index (χ2n) is 4.41. The van der Waals surface area contributed by atoms with Crippen molar-refractivity contribution in [3.63, 3.8) is 0 Å². The Morgan fingerprint density at radius 3 is 2.55 bits per heavy atom. The fourth-order valence-electron chi connectivity index (χ4n) is 1.82. The van der Waals surface area contributed by atoms with Gasteiger partial charge in [0.1, 0.15) is 0 Å². The lowest BCUT2D eigenvalue weighted by atomic mass is 10.1. The molecule has 0 heterocycles. The molecule has 0 radical (unpaired) electrons. The number of nitrogens with one attached hydrogen (secondary N) is 1. The summed E-state index contributed by atoms with van der Waals surface area (Å²) in [5.74, 6) is -1.89. The monoisotopic (exact) mass is 297 g/mol. The average molecular weight is 298 g/mol. The molecule has 0 amide bonds. The van der Waals surface area contributed by atoms with Crippen LogP contribution in [0.3, 0.4) is 0 Å². The van der Waals surface area contributed by atoms with Crippen molar-refractivity contribution in [3.05, 3.63) is 70.2 Å². The van der Waals surface area contributed by atoms with Gasteiger partial charge >= 0.3 is 0 Å². The summed E-state index contributed by atoms with van der Waals surface area (Å²) >= 11 is 6.00. The fraction of sp³-hybridized carbons (Fsp3) is 0.200. The molecule has 20 heavy (non-hydrogen) atoms. The Balaban J connectivity index is 1.90. The minimum absolute atomic E-state index is 0.219. The minimum atomic E-state index is -0.965. The van der Waals surface area contributed by atoms with E-state index in [1.54, 1.807) is 6.07 Å². The molecule has 1 unspecified atom stereocenters. The molecule has 0 aliphatic rings. The first-order valence-corrected chi connectivity index (χ1v) is 6.53. The molecule has 2 nitrogen and oxygen atoms in total. The van der Waals surface area contributed by atoms with Crippen molar-refractivity contribution in [2.24, 2.45) is 0 Å². The maximum Gasteiger partial charge on any atom is 0.159 e. The molecule has 0 aliphatic carbocycles. The lowest BCUT2D eigenvalue weighted by Gasteiger charge is -2.13. The van der Waals surface area contributed by atoms with Gasteiger partial charge in [0.15, 0.2) is 11.6 Å². The van der Waals surface area contributed by atoms with Gasteiger partial charge < -0.3 is 10.4 Å². The molecule has 1 atom stereocenters. The van der Waals surface area contributed by atoms with Crippen molar-refractivity contribution in [2.75, 3.05) is 6.54 Å². The second-order valence-corrected chi connectivity index (χ2v) is 4.82.